The molecule has 30 heavy (non-hydrogen) atoms. The lowest BCUT2D eigenvalue weighted by atomic mass is 10.0. The van der Waals surface area contributed by atoms with Gasteiger partial charge in [0.1, 0.15) is 11.9 Å². The number of carbonyl (C=O) groups excluding carboxylic acids is 3. The van der Waals surface area contributed by atoms with Crippen molar-refractivity contribution in [3.05, 3.63) is 71.7 Å². The molecule has 1 heterocycles. The Bertz CT molecular complexity index is 1070. The van der Waals surface area contributed by atoms with Crippen LogP contribution in [0.5, 0.6) is 0 Å². The molecule has 156 valence electrons. The number of Topliss-reactive ketones (excluding diaryl/α,β-unsaturated/α-hetero) is 1. The van der Waals surface area contributed by atoms with E-state index in [0.717, 1.165) is 10.9 Å². The molecule has 0 aliphatic rings. The number of fused-ring (bicyclic) bond motifs is 1. The number of hydrogen-bond acceptors (Lipinski definition) is 4. The molecule has 0 bridgehead atoms. The Balaban J connectivity index is 1.70. The summed E-state index contributed by atoms with van der Waals surface area (Å²) in [6.07, 6.45) is 0.564. The van der Waals surface area contributed by atoms with Crippen molar-refractivity contribution >= 4 is 28.6 Å². The summed E-state index contributed by atoms with van der Waals surface area (Å²) >= 11 is 0. The monoisotopic (exact) mass is 410 g/mol. The molecule has 0 radical (unpaired) electrons. The summed E-state index contributed by atoms with van der Waals surface area (Å²) in [4.78, 5) is 40.9. The van der Waals surface area contributed by atoms with Crippen molar-refractivity contribution in [1.29, 1.82) is 0 Å². The van der Waals surface area contributed by atoms with E-state index in [1.165, 1.54) is 31.2 Å². The average Bonchev–Trinajstić information content (AvgIpc) is 3.15. The van der Waals surface area contributed by atoms with Crippen molar-refractivity contribution in [1.82, 2.24) is 10.3 Å². The summed E-state index contributed by atoms with van der Waals surface area (Å²) < 4.78 is 18.4. The summed E-state index contributed by atoms with van der Waals surface area (Å²) in [7, 11) is 0. The third-order valence-corrected chi connectivity index (χ3v) is 4.83. The van der Waals surface area contributed by atoms with Gasteiger partial charge in [-0.15, -0.1) is 0 Å². The first-order chi connectivity index (χ1) is 14.3. The van der Waals surface area contributed by atoms with Crippen LogP contribution in [0.2, 0.25) is 0 Å². The smallest absolute Gasteiger partial charge is 0.329 e. The number of nitrogens with one attached hydrogen (secondary N) is 2. The van der Waals surface area contributed by atoms with Crippen LogP contribution in [0.4, 0.5) is 4.39 Å². The molecule has 0 aliphatic carbocycles. The predicted molar refractivity (Wildman–Crippen MR) is 111 cm³/mol. The van der Waals surface area contributed by atoms with Crippen molar-refractivity contribution in [2.24, 2.45) is 5.92 Å². The number of halogens is 1. The zero-order valence-corrected chi connectivity index (χ0v) is 16.9. The van der Waals surface area contributed by atoms with Crippen molar-refractivity contribution in [2.45, 2.75) is 32.9 Å². The standard InChI is InChI=1S/C23H23FN2O4/c1-13(2)20(26-22(28)15-8-10-16(24)11-9-15)23(29)30-14(3)21(27)18-12-25-19-7-5-4-6-17(18)19/h4-14,20,25H,1-3H3,(H,26,28)/t14-,20-/m0/s1. The Morgan fingerprint density at radius 3 is 2.33 bits per heavy atom. The number of amides is 1. The number of ketones is 1. The number of para-hydroxylation sites is 1. The Hall–Kier alpha value is -3.48. The van der Waals surface area contributed by atoms with E-state index in [4.69, 9.17) is 4.74 Å². The van der Waals surface area contributed by atoms with Crippen LogP contribution in [-0.4, -0.2) is 34.8 Å². The first-order valence-corrected chi connectivity index (χ1v) is 9.65. The van der Waals surface area contributed by atoms with Gasteiger partial charge >= 0.3 is 5.97 Å². The van der Waals surface area contributed by atoms with E-state index in [-0.39, 0.29) is 17.3 Å². The van der Waals surface area contributed by atoms with Gasteiger partial charge in [-0.1, -0.05) is 32.0 Å². The van der Waals surface area contributed by atoms with Gasteiger partial charge in [0.15, 0.2) is 6.10 Å². The zero-order valence-electron chi connectivity index (χ0n) is 16.9. The quantitative estimate of drug-likeness (QED) is 0.457. The average molecular weight is 410 g/mol. The number of esters is 1. The number of carbonyl (C=O) groups is 3. The molecule has 1 amide bonds. The van der Waals surface area contributed by atoms with E-state index in [9.17, 15) is 18.8 Å². The Kier molecular flexibility index (Phi) is 6.30. The third kappa shape index (κ3) is 4.56. The topological polar surface area (TPSA) is 88.3 Å². The van der Waals surface area contributed by atoms with Crippen molar-refractivity contribution in [3.63, 3.8) is 0 Å². The van der Waals surface area contributed by atoms with E-state index >= 15 is 0 Å². The highest BCUT2D eigenvalue weighted by Gasteiger charge is 2.30. The second kappa shape index (κ2) is 8.90. The number of ether oxygens (including phenoxy) is 1. The van der Waals surface area contributed by atoms with Crippen LogP contribution in [-0.2, 0) is 9.53 Å². The van der Waals surface area contributed by atoms with E-state index in [1.807, 2.05) is 24.3 Å². The van der Waals surface area contributed by atoms with Gasteiger partial charge in [-0.2, -0.15) is 0 Å². The normalized spacial score (nSPS) is 13.1. The minimum atomic E-state index is -1.03. The maximum absolute atomic E-state index is 13.1. The molecule has 0 unspecified atom stereocenters. The number of aromatic amines is 1. The van der Waals surface area contributed by atoms with Gasteiger partial charge < -0.3 is 15.0 Å². The lowest BCUT2D eigenvalue weighted by Gasteiger charge is -2.22. The van der Waals surface area contributed by atoms with E-state index in [1.54, 1.807) is 20.0 Å². The van der Waals surface area contributed by atoms with Crippen LogP contribution in [0.25, 0.3) is 10.9 Å². The molecule has 1 aromatic heterocycles. The minimum Gasteiger partial charge on any atom is -0.453 e. The second-order valence-electron chi connectivity index (χ2n) is 7.39. The summed E-state index contributed by atoms with van der Waals surface area (Å²) in [6.45, 7) is 5.01. The first-order valence-electron chi connectivity index (χ1n) is 9.65. The largest absolute Gasteiger partial charge is 0.453 e. The van der Waals surface area contributed by atoms with Crippen LogP contribution in [0.1, 0.15) is 41.5 Å². The minimum absolute atomic E-state index is 0.220. The second-order valence-corrected chi connectivity index (χ2v) is 7.39. The Morgan fingerprint density at radius 2 is 1.67 bits per heavy atom. The van der Waals surface area contributed by atoms with Crippen molar-refractivity contribution in [2.75, 3.05) is 0 Å². The number of benzene rings is 2. The first kappa shape index (κ1) is 21.2. The van der Waals surface area contributed by atoms with E-state index in [0.29, 0.717) is 5.56 Å². The van der Waals surface area contributed by atoms with Gasteiger partial charge in [0.25, 0.3) is 5.91 Å². The maximum atomic E-state index is 13.1. The van der Waals surface area contributed by atoms with Crippen LogP contribution in [0, 0.1) is 11.7 Å². The van der Waals surface area contributed by atoms with Gasteiger partial charge in [-0.3, -0.25) is 9.59 Å². The van der Waals surface area contributed by atoms with Crippen LogP contribution >= 0.6 is 0 Å². The Labute approximate surface area is 173 Å². The van der Waals surface area contributed by atoms with Gasteiger partial charge in [0.2, 0.25) is 5.78 Å². The fourth-order valence-electron chi connectivity index (χ4n) is 3.12. The Morgan fingerprint density at radius 1 is 1.00 bits per heavy atom. The number of hydrogen-bond donors (Lipinski definition) is 2. The lowest BCUT2D eigenvalue weighted by molar-refractivity contribution is -0.149. The summed E-state index contributed by atoms with van der Waals surface area (Å²) in [6, 6.07) is 11.4. The number of H-pyrrole nitrogens is 1. The van der Waals surface area contributed by atoms with Crippen LogP contribution in [0.3, 0.4) is 0 Å². The molecule has 3 rings (SSSR count). The SMILES string of the molecule is CC(C)[C@H](NC(=O)c1ccc(F)cc1)C(=O)O[C@@H](C)C(=O)c1c[nH]c2ccccc12. The predicted octanol–water partition coefficient (Wildman–Crippen LogP) is 3.88. The molecule has 0 saturated heterocycles. The zero-order chi connectivity index (χ0) is 21.8. The summed E-state index contributed by atoms with van der Waals surface area (Å²) in [5.41, 5.74) is 1.46. The third-order valence-electron chi connectivity index (χ3n) is 4.83. The molecule has 3 aromatic rings. The number of rotatable bonds is 7. The van der Waals surface area contributed by atoms with Gasteiger partial charge in [0, 0.05) is 28.2 Å². The highest BCUT2D eigenvalue weighted by Crippen LogP contribution is 2.20. The van der Waals surface area contributed by atoms with Crippen LogP contribution < -0.4 is 5.32 Å². The highest BCUT2D eigenvalue weighted by atomic mass is 19.1. The lowest BCUT2D eigenvalue weighted by Crippen LogP contribution is -2.46. The maximum Gasteiger partial charge on any atom is 0.329 e. The fourth-order valence-corrected chi connectivity index (χ4v) is 3.12. The molecular weight excluding hydrogens is 387 g/mol. The van der Waals surface area contributed by atoms with Gasteiger partial charge in [-0.25, -0.2) is 9.18 Å². The molecule has 0 fully saturated rings. The number of aromatic nitrogens is 1. The van der Waals surface area contributed by atoms with E-state index < -0.39 is 29.8 Å². The van der Waals surface area contributed by atoms with Crippen molar-refractivity contribution < 1.29 is 23.5 Å². The summed E-state index contributed by atoms with van der Waals surface area (Å²) in [5.74, 6) is -2.32. The van der Waals surface area contributed by atoms with Gasteiger partial charge in [-0.05, 0) is 43.2 Å². The molecule has 0 saturated carbocycles. The molecular formula is C23H23FN2O4. The van der Waals surface area contributed by atoms with Crippen molar-refractivity contribution in [3.8, 4) is 0 Å². The summed E-state index contributed by atoms with van der Waals surface area (Å²) in [5, 5.41) is 3.35. The molecule has 0 aliphatic heterocycles. The van der Waals surface area contributed by atoms with Gasteiger partial charge in [0.05, 0.1) is 0 Å². The molecule has 2 N–H and O–H groups in total. The molecule has 0 spiro atoms. The van der Waals surface area contributed by atoms with Crippen LogP contribution in [0.15, 0.2) is 54.7 Å². The molecule has 2 aromatic carbocycles. The van der Waals surface area contributed by atoms with E-state index in [2.05, 4.69) is 10.3 Å². The molecule has 2 atom stereocenters. The molecule has 6 nitrogen and oxygen atoms in total. The fraction of sp³-hybridized carbons (Fsp3) is 0.261. The highest BCUT2D eigenvalue weighted by molar-refractivity contribution is 6.10. The molecule has 7 heteroatoms.